The van der Waals surface area contributed by atoms with E-state index in [4.69, 9.17) is 0 Å². The summed E-state index contributed by atoms with van der Waals surface area (Å²) < 4.78 is 24.5. The molecule has 0 aromatic heterocycles. The number of alkyl halides is 2. The Morgan fingerprint density at radius 1 is 1.21 bits per heavy atom. The van der Waals surface area contributed by atoms with Crippen LogP contribution in [-0.2, 0) is 0 Å². The largest absolute Gasteiger partial charge is 0.310 e. The lowest BCUT2D eigenvalue weighted by Gasteiger charge is -2.10. The zero-order valence-corrected chi connectivity index (χ0v) is 7.84. The van der Waals surface area contributed by atoms with E-state index in [1.807, 2.05) is 0 Å². The molecule has 0 spiro atoms. The number of hydrogen-bond donors (Lipinski definition) is 1. The molecule has 76 valence electrons. The maximum Gasteiger partial charge on any atom is 0.263 e. The summed E-state index contributed by atoms with van der Waals surface area (Å²) in [6.45, 7) is 1.03. The van der Waals surface area contributed by atoms with Gasteiger partial charge in [-0.2, -0.15) is 0 Å². The van der Waals surface area contributed by atoms with Gasteiger partial charge in [-0.3, -0.25) is 0 Å². The summed E-state index contributed by atoms with van der Waals surface area (Å²) in [7, 11) is 0. The van der Waals surface area contributed by atoms with E-state index in [0.29, 0.717) is 6.04 Å². The van der Waals surface area contributed by atoms with E-state index in [2.05, 4.69) is 5.32 Å². The maximum atomic E-state index is 12.3. The van der Waals surface area contributed by atoms with Crippen molar-refractivity contribution in [3.8, 4) is 0 Å². The summed E-state index contributed by atoms with van der Waals surface area (Å²) in [5.74, 6) is 0. The van der Waals surface area contributed by atoms with Crippen molar-refractivity contribution in [3.63, 3.8) is 0 Å². The normalized spacial score (nSPS) is 21.8. The predicted molar refractivity (Wildman–Crippen MR) is 51.4 cm³/mol. The minimum atomic E-state index is -2.36. The lowest BCUT2D eigenvalue weighted by molar-refractivity contribution is 0.151. The van der Waals surface area contributed by atoms with Crippen LogP contribution in [0.1, 0.15) is 36.4 Å². The molecule has 3 heteroatoms. The average Bonchev–Trinajstić information content (AvgIpc) is 2.71. The fourth-order valence-electron chi connectivity index (χ4n) is 1.84. The van der Waals surface area contributed by atoms with Crippen molar-refractivity contribution in [2.75, 3.05) is 6.54 Å². The second-order valence-corrected chi connectivity index (χ2v) is 3.62. The van der Waals surface area contributed by atoms with E-state index >= 15 is 0 Å². The molecule has 14 heavy (non-hydrogen) atoms. The van der Waals surface area contributed by atoms with Gasteiger partial charge in [0, 0.05) is 11.6 Å². The van der Waals surface area contributed by atoms with Gasteiger partial charge < -0.3 is 5.32 Å². The third kappa shape index (κ3) is 1.93. The molecule has 1 aliphatic rings. The highest BCUT2D eigenvalue weighted by Gasteiger charge is 2.16. The number of halogens is 2. The summed E-state index contributed by atoms with van der Waals surface area (Å²) in [4.78, 5) is 0. The lowest BCUT2D eigenvalue weighted by atomic mass is 10.0. The van der Waals surface area contributed by atoms with E-state index in [-0.39, 0.29) is 5.56 Å². The average molecular weight is 197 g/mol. The molecule has 0 bridgehead atoms. The molecule has 1 aromatic rings. The molecule has 1 fully saturated rings. The van der Waals surface area contributed by atoms with E-state index in [1.165, 1.54) is 18.6 Å². The third-order valence-electron chi connectivity index (χ3n) is 2.65. The Labute approximate surface area is 82.1 Å². The van der Waals surface area contributed by atoms with Gasteiger partial charge in [0.2, 0.25) is 0 Å². The molecule has 2 rings (SSSR count). The molecule has 0 amide bonds. The number of rotatable bonds is 2. The minimum absolute atomic E-state index is 0.103. The van der Waals surface area contributed by atoms with Crippen LogP contribution < -0.4 is 5.32 Å². The molecule has 0 radical (unpaired) electrons. The topological polar surface area (TPSA) is 12.0 Å². The molecule has 1 unspecified atom stereocenters. The van der Waals surface area contributed by atoms with Gasteiger partial charge in [-0.25, -0.2) is 8.78 Å². The Kier molecular flexibility index (Phi) is 2.77. The van der Waals surface area contributed by atoms with Gasteiger partial charge in [-0.1, -0.05) is 24.3 Å². The van der Waals surface area contributed by atoms with Crippen LogP contribution in [-0.4, -0.2) is 6.54 Å². The molecule has 1 aromatic carbocycles. The van der Waals surface area contributed by atoms with Gasteiger partial charge >= 0.3 is 0 Å². The molecule has 1 N–H and O–H groups in total. The molecular weight excluding hydrogens is 184 g/mol. The minimum Gasteiger partial charge on any atom is -0.310 e. The molecule has 1 saturated heterocycles. The van der Waals surface area contributed by atoms with Crippen molar-refractivity contribution >= 4 is 0 Å². The number of nitrogens with one attached hydrogen (secondary N) is 1. The Bertz CT molecular complexity index is 289. The van der Waals surface area contributed by atoms with Gasteiger partial charge in [0.15, 0.2) is 0 Å². The fourth-order valence-corrected chi connectivity index (χ4v) is 1.84. The second-order valence-electron chi connectivity index (χ2n) is 3.62. The van der Waals surface area contributed by atoms with Crippen molar-refractivity contribution in [2.24, 2.45) is 0 Å². The van der Waals surface area contributed by atoms with Gasteiger partial charge in [0.05, 0.1) is 0 Å². The van der Waals surface area contributed by atoms with E-state index < -0.39 is 6.43 Å². The summed E-state index contributed by atoms with van der Waals surface area (Å²) in [5, 5.41) is 3.33. The molecule has 1 heterocycles. The molecule has 1 atom stereocenters. The van der Waals surface area contributed by atoms with Gasteiger partial charge in [0.1, 0.15) is 0 Å². The highest BCUT2D eigenvalue weighted by Crippen LogP contribution is 2.25. The van der Waals surface area contributed by atoms with E-state index in [1.54, 1.807) is 12.1 Å². The first-order valence-corrected chi connectivity index (χ1v) is 4.89. The van der Waals surface area contributed by atoms with Crippen molar-refractivity contribution < 1.29 is 8.78 Å². The Morgan fingerprint density at radius 3 is 2.43 bits per heavy atom. The Balaban J connectivity index is 2.12. The lowest BCUT2D eigenvalue weighted by Crippen LogP contribution is -2.12. The first-order chi connectivity index (χ1) is 6.77. The summed E-state index contributed by atoms with van der Waals surface area (Å²) in [5.41, 5.74) is 1.22. The second kappa shape index (κ2) is 4.05. The monoisotopic (exact) mass is 197 g/mol. The summed E-state index contributed by atoms with van der Waals surface area (Å²) >= 11 is 0. The first kappa shape index (κ1) is 9.59. The zero-order valence-electron chi connectivity index (χ0n) is 7.84. The van der Waals surface area contributed by atoms with Crippen LogP contribution in [0.25, 0.3) is 0 Å². The highest BCUT2D eigenvalue weighted by molar-refractivity contribution is 5.26. The third-order valence-corrected chi connectivity index (χ3v) is 2.65. The first-order valence-electron chi connectivity index (χ1n) is 4.89. The van der Waals surface area contributed by atoms with Crippen LogP contribution >= 0.6 is 0 Å². The van der Waals surface area contributed by atoms with Crippen LogP contribution in [0.2, 0.25) is 0 Å². The maximum absolute atomic E-state index is 12.3. The van der Waals surface area contributed by atoms with Crippen LogP contribution in [0.15, 0.2) is 24.3 Å². The summed E-state index contributed by atoms with van der Waals surface area (Å²) in [6.07, 6.45) is -0.0875. The molecule has 0 saturated carbocycles. The SMILES string of the molecule is FC(F)c1ccc(C2CCCN2)cc1. The predicted octanol–water partition coefficient (Wildman–Crippen LogP) is 3.05. The molecule has 1 aliphatic heterocycles. The molecule has 1 nitrogen and oxygen atoms in total. The van der Waals surface area contributed by atoms with Crippen LogP contribution in [0, 0.1) is 0 Å². The number of hydrogen-bond acceptors (Lipinski definition) is 1. The quantitative estimate of drug-likeness (QED) is 0.768. The number of benzene rings is 1. The van der Waals surface area contributed by atoms with Crippen LogP contribution in [0.5, 0.6) is 0 Å². The van der Waals surface area contributed by atoms with Crippen molar-refractivity contribution in [2.45, 2.75) is 25.3 Å². The Morgan fingerprint density at radius 2 is 1.93 bits per heavy atom. The van der Waals surface area contributed by atoms with Gasteiger partial charge in [0.25, 0.3) is 6.43 Å². The smallest absolute Gasteiger partial charge is 0.263 e. The van der Waals surface area contributed by atoms with Gasteiger partial charge in [-0.05, 0) is 24.9 Å². The van der Waals surface area contributed by atoms with Crippen molar-refractivity contribution in [1.82, 2.24) is 5.32 Å². The van der Waals surface area contributed by atoms with Gasteiger partial charge in [-0.15, -0.1) is 0 Å². The highest BCUT2D eigenvalue weighted by atomic mass is 19.3. The van der Waals surface area contributed by atoms with E-state index in [9.17, 15) is 8.78 Å². The fraction of sp³-hybridized carbons (Fsp3) is 0.455. The Hall–Kier alpha value is -0.960. The molecule has 0 aliphatic carbocycles. The zero-order chi connectivity index (χ0) is 9.97. The van der Waals surface area contributed by atoms with Crippen molar-refractivity contribution in [3.05, 3.63) is 35.4 Å². The van der Waals surface area contributed by atoms with Crippen LogP contribution in [0.4, 0.5) is 8.78 Å². The summed E-state index contributed by atoms with van der Waals surface area (Å²) in [6, 6.07) is 6.98. The van der Waals surface area contributed by atoms with Crippen LogP contribution in [0.3, 0.4) is 0 Å². The van der Waals surface area contributed by atoms with E-state index in [0.717, 1.165) is 18.5 Å². The standard InChI is InChI=1S/C11H13F2N/c12-11(13)9-5-3-8(4-6-9)10-2-1-7-14-10/h3-6,10-11,14H,1-2,7H2. The van der Waals surface area contributed by atoms with Crippen molar-refractivity contribution in [1.29, 1.82) is 0 Å². The molecular formula is C11H13F2N.